The number of allylic oxidation sites excluding steroid dienone is 2. The van der Waals surface area contributed by atoms with E-state index >= 15 is 0 Å². The Hall–Kier alpha value is -5.14. The fourth-order valence-corrected chi connectivity index (χ4v) is 5.29. The van der Waals surface area contributed by atoms with Gasteiger partial charge in [0.05, 0.1) is 5.56 Å². The maximum absolute atomic E-state index is 13.0. The smallest absolute Gasteiger partial charge is 0.416 e. The van der Waals surface area contributed by atoms with Gasteiger partial charge in [-0.15, -0.1) is 15.3 Å². The number of carbonyl (C=O) groups excluding carboxylic acids is 3. The molecule has 0 atom stereocenters. The van der Waals surface area contributed by atoms with Crippen LogP contribution < -0.4 is 10.6 Å². The number of hydrogen-bond acceptors (Lipinski definition) is 8. The number of anilines is 2. The standard InChI is InChI=1S/C30H26F3N7O4/c1-15-12-22(35-27(42)26-36-23-14-17-5-4-8-20(17)29(43)40(23)39-26)16(2)11-21(15)34-24(41)9-10-25-37-38-28(44-25)18-6-3-7-19(13-18)30(31,32)33/h3,6-7,11-13H,4-5,8-10,14H2,1-2H3,(H,34,41)(H,35,42). The van der Waals surface area contributed by atoms with Crippen LogP contribution in [0.5, 0.6) is 0 Å². The van der Waals surface area contributed by atoms with Crippen LogP contribution in [0.4, 0.5) is 24.5 Å². The molecule has 0 radical (unpaired) electrons. The van der Waals surface area contributed by atoms with E-state index in [4.69, 9.17) is 4.42 Å². The lowest BCUT2D eigenvalue weighted by Crippen LogP contribution is -2.23. The number of hydrogen-bond donors (Lipinski definition) is 2. The lowest BCUT2D eigenvalue weighted by atomic mass is 10.0. The van der Waals surface area contributed by atoms with Crippen molar-refractivity contribution in [3.8, 4) is 11.5 Å². The van der Waals surface area contributed by atoms with E-state index in [1.165, 1.54) is 16.8 Å². The van der Waals surface area contributed by atoms with Gasteiger partial charge in [0.25, 0.3) is 11.8 Å². The average molecular weight is 606 g/mol. The molecule has 1 aliphatic heterocycles. The third-order valence-electron chi connectivity index (χ3n) is 7.59. The third-order valence-corrected chi connectivity index (χ3v) is 7.59. The van der Waals surface area contributed by atoms with Crippen molar-refractivity contribution in [2.24, 2.45) is 0 Å². The number of amides is 2. The molecule has 11 nitrogen and oxygen atoms in total. The minimum Gasteiger partial charge on any atom is -0.421 e. The predicted octanol–water partition coefficient (Wildman–Crippen LogP) is 5.46. The molecule has 14 heteroatoms. The van der Waals surface area contributed by atoms with Gasteiger partial charge in [-0.3, -0.25) is 14.4 Å². The highest BCUT2D eigenvalue weighted by atomic mass is 19.4. The van der Waals surface area contributed by atoms with Crippen molar-refractivity contribution >= 4 is 29.1 Å². The van der Waals surface area contributed by atoms with Gasteiger partial charge in [0, 0.05) is 41.8 Å². The highest BCUT2D eigenvalue weighted by Crippen LogP contribution is 2.34. The van der Waals surface area contributed by atoms with Crippen molar-refractivity contribution in [2.45, 2.75) is 58.5 Å². The summed E-state index contributed by atoms with van der Waals surface area (Å²) >= 11 is 0. The first-order valence-corrected chi connectivity index (χ1v) is 13.9. The number of alkyl halides is 3. The molecule has 2 N–H and O–H groups in total. The lowest BCUT2D eigenvalue weighted by molar-refractivity contribution is -0.137. The molecule has 0 saturated carbocycles. The van der Waals surface area contributed by atoms with Crippen LogP contribution in [0.3, 0.4) is 0 Å². The molecule has 2 aromatic carbocycles. The SMILES string of the molecule is Cc1cc(NC(=O)c2nc3n(n2)C(=O)C2=C(CCC2)C3)c(C)cc1NC(=O)CCc1nnc(-c2cccc(C(F)(F)F)c2)o1. The first kappa shape index (κ1) is 29.0. The van der Waals surface area contributed by atoms with Crippen LogP contribution in [0.2, 0.25) is 0 Å². The molecule has 0 unspecified atom stereocenters. The van der Waals surface area contributed by atoms with Crippen LogP contribution in [0.25, 0.3) is 11.5 Å². The average Bonchev–Trinajstić information content (AvgIpc) is 3.74. The highest BCUT2D eigenvalue weighted by molar-refractivity contribution is 6.03. The molecule has 226 valence electrons. The zero-order chi connectivity index (χ0) is 31.2. The van der Waals surface area contributed by atoms with Gasteiger partial charge in [0.15, 0.2) is 0 Å². The molecule has 0 saturated heterocycles. The number of aromatic nitrogens is 5. The third kappa shape index (κ3) is 5.74. The van der Waals surface area contributed by atoms with Gasteiger partial charge < -0.3 is 15.1 Å². The number of halogens is 3. The molecule has 2 aromatic heterocycles. The van der Waals surface area contributed by atoms with Gasteiger partial charge in [0.2, 0.25) is 23.5 Å². The summed E-state index contributed by atoms with van der Waals surface area (Å²) in [6.07, 6.45) is -1.42. The topological polar surface area (TPSA) is 145 Å². The van der Waals surface area contributed by atoms with E-state index in [0.29, 0.717) is 34.7 Å². The van der Waals surface area contributed by atoms with Crippen molar-refractivity contribution in [1.82, 2.24) is 25.0 Å². The van der Waals surface area contributed by atoms with Crippen molar-refractivity contribution in [1.29, 1.82) is 0 Å². The Morgan fingerprint density at radius 3 is 2.52 bits per heavy atom. The molecule has 0 bridgehead atoms. The fraction of sp³-hybridized carbons (Fsp3) is 0.300. The molecular weight excluding hydrogens is 579 g/mol. The van der Waals surface area contributed by atoms with Crippen molar-refractivity contribution in [3.05, 3.63) is 81.8 Å². The van der Waals surface area contributed by atoms with Gasteiger partial charge in [-0.2, -0.15) is 17.9 Å². The number of nitrogens with zero attached hydrogens (tertiary/aromatic N) is 5. The lowest BCUT2D eigenvalue weighted by Gasteiger charge is -2.13. The summed E-state index contributed by atoms with van der Waals surface area (Å²) in [6, 6.07) is 7.97. The summed E-state index contributed by atoms with van der Waals surface area (Å²) in [4.78, 5) is 42.7. The van der Waals surface area contributed by atoms with E-state index in [1.807, 2.05) is 0 Å². The Kier molecular flexibility index (Phi) is 7.35. The maximum atomic E-state index is 13.0. The summed E-state index contributed by atoms with van der Waals surface area (Å²) in [7, 11) is 0. The van der Waals surface area contributed by atoms with E-state index in [2.05, 4.69) is 30.9 Å². The van der Waals surface area contributed by atoms with E-state index in [1.54, 1.807) is 26.0 Å². The second-order valence-electron chi connectivity index (χ2n) is 10.7. The second-order valence-corrected chi connectivity index (χ2v) is 10.7. The van der Waals surface area contributed by atoms with E-state index in [9.17, 15) is 27.6 Å². The first-order valence-electron chi connectivity index (χ1n) is 13.9. The molecule has 0 fully saturated rings. The molecular formula is C30H26F3N7O4. The fourth-order valence-electron chi connectivity index (χ4n) is 5.29. The van der Waals surface area contributed by atoms with Gasteiger partial charge in [0.1, 0.15) is 5.82 Å². The van der Waals surface area contributed by atoms with Gasteiger partial charge in [-0.1, -0.05) is 11.6 Å². The number of benzene rings is 2. The van der Waals surface area contributed by atoms with Gasteiger partial charge in [-0.05, 0) is 74.6 Å². The van der Waals surface area contributed by atoms with Crippen molar-refractivity contribution in [2.75, 3.05) is 10.6 Å². The van der Waals surface area contributed by atoms with Gasteiger partial charge in [-0.25, -0.2) is 4.98 Å². The zero-order valence-electron chi connectivity index (χ0n) is 23.7. The number of fused-ring (bicyclic) bond motifs is 1. The number of rotatable bonds is 7. The Morgan fingerprint density at radius 2 is 1.77 bits per heavy atom. The van der Waals surface area contributed by atoms with Crippen LogP contribution in [0.15, 0.2) is 52.0 Å². The Balaban J connectivity index is 1.06. The monoisotopic (exact) mass is 605 g/mol. The quantitative estimate of drug-likeness (QED) is 0.282. The van der Waals surface area contributed by atoms with Crippen LogP contribution in [0.1, 0.15) is 69.5 Å². The summed E-state index contributed by atoms with van der Waals surface area (Å²) in [5.41, 5.74) is 3.51. The molecule has 4 aromatic rings. The van der Waals surface area contributed by atoms with E-state index in [-0.39, 0.29) is 47.8 Å². The van der Waals surface area contributed by atoms with Crippen LogP contribution in [-0.2, 0) is 23.8 Å². The highest BCUT2D eigenvalue weighted by Gasteiger charge is 2.33. The zero-order valence-corrected chi connectivity index (χ0v) is 23.7. The second kappa shape index (κ2) is 11.2. The minimum atomic E-state index is -4.51. The Labute approximate surface area is 248 Å². The maximum Gasteiger partial charge on any atom is 0.416 e. The number of aryl methyl sites for hydroxylation is 3. The summed E-state index contributed by atoms with van der Waals surface area (Å²) in [6.45, 7) is 3.53. The summed E-state index contributed by atoms with van der Waals surface area (Å²) in [5.74, 6) is -0.721. The molecule has 0 spiro atoms. The van der Waals surface area contributed by atoms with E-state index in [0.717, 1.165) is 42.5 Å². The van der Waals surface area contributed by atoms with Crippen LogP contribution >= 0.6 is 0 Å². The van der Waals surface area contributed by atoms with Crippen LogP contribution in [-0.4, -0.2) is 42.7 Å². The molecule has 2 amide bonds. The summed E-state index contributed by atoms with van der Waals surface area (Å²) < 4.78 is 45.8. The minimum absolute atomic E-state index is 0.0190. The van der Waals surface area contributed by atoms with Crippen molar-refractivity contribution < 1.29 is 32.0 Å². The first-order chi connectivity index (χ1) is 21.0. The predicted molar refractivity (Wildman–Crippen MR) is 151 cm³/mol. The molecule has 3 heterocycles. The normalized spacial score (nSPS) is 14.4. The van der Waals surface area contributed by atoms with Crippen LogP contribution in [0, 0.1) is 13.8 Å². The molecule has 6 rings (SSSR count). The largest absolute Gasteiger partial charge is 0.421 e. The van der Waals surface area contributed by atoms with Crippen molar-refractivity contribution in [3.63, 3.8) is 0 Å². The number of nitrogens with one attached hydrogen (secondary N) is 2. The number of carbonyl (C=O) groups is 3. The molecule has 44 heavy (non-hydrogen) atoms. The molecule has 2 aliphatic rings. The Morgan fingerprint density at radius 1 is 1.02 bits per heavy atom. The van der Waals surface area contributed by atoms with Gasteiger partial charge >= 0.3 is 6.18 Å². The molecule has 1 aliphatic carbocycles. The summed E-state index contributed by atoms with van der Waals surface area (Å²) in [5, 5.41) is 17.4. The van der Waals surface area contributed by atoms with E-state index < -0.39 is 17.6 Å². The Bertz CT molecular complexity index is 1860.